The third-order valence-corrected chi connectivity index (χ3v) is 5.84. The summed E-state index contributed by atoms with van der Waals surface area (Å²) < 4.78 is 30.0. The van der Waals surface area contributed by atoms with Crippen molar-refractivity contribution >= 4 is 29.0 Å². The van der Waals surface area contributed by atoms with Crippen molar-refractivity contribution in [1.29, 1.82) is 0 Å². The van der Waals surface area contributed by atoms with Crippen molar-refractivity contribution in [2.45, 2.75) is 31.0 Å². The molecule has 0 amide bonds. The SMILES string of the molecule is COc1ccc2oc(=S)n([C@@H]3c4cc(N)ccc4O[C@@](C)(C(OC)OC)[C@@H]3O)c2c1. The molecule has 1 aromatic heterocycles. The molecule has 0 fully saturated rings. The van der Waals surface area contributed by atoms with Gasteiger partial charge >= 0.3 is 0 Å². The van der Waals surface area contributed by atoms with Gasteiger partial charge in [0.25, 0.3) is 4.84 Å². The third-order valence-electron chi connectivity index (χ3n) is 5.56. The van der Waals surface area contributed by atoms with Gasteiger partial charge in [-0.25, -0.2) is 0 Å². The summed E-state index contributed by atoms with van der Waals surface area (Å²) >= 11 is 5.54. The summed E-state index contributed by atoms with van der Waals surface area (Å²) in [6.07, 6.45) is -1.96. The highest BCUT2D eigenvalue weighted by Crippen LogP contribution is 2.46. The van der Waals surface area contributed by atoms with Crippen molar-refractivity contribution in [3.8, 4) is 11.5 Å². The van der Waals surface area contributed by atoms with Crippen LogP contribution in [0.4, 0.5) is 5.69 Å². The highest BCUT2D eigenvalue weighted by molar-refractivity contribution is 7.71. The van der Waals surface area contributed by atoms with Crippen molar-refractivity contribution in [2.75, 3.05) is 27.1 Å². The number of aromatic nitrogens is 1. The van der Waals surface area contributed by atoms with E-state index in [2.05, 4.69) is 0 Å². The number of rotatable bonds is 5. The molecule has 2 heterocycles. The number of aliphatic hydroxyl groups excluding tert-OH is 1. The van der Waals surface area contributed by atoms with Crippen LogP contribution in [0.5, 0.6) is 11.5 Å². The second-order valence-corrected chi connectivity index (χ2v) is 7.70. The molecule has 9 heteroatoms. The van der Waals surface area contributed by atoms with Crippen molar-refractivity contribution in [3.05, 3.63) is 46.8 Å². The summed E-state index contributed by atoms with van der Waals surface area (Å²) in [6, 6.07) is 9.96. The minimum absolute atomic E-state index is 0.200. The Bertz CT molecular complexity index is 1140. The van der Waals surface area contributed by atoms with Crippen LogP contribution < -0.4 is 15.2 Å². The minimum atomic E-state index is -1.24. The summed E-state index contributed by atoms with van der Waals surface area (Å²) in [5.74, 6) is 1.18. The quantitative estimate of drug-likeness (QED) is 0.360. The van der Waals surface area contributed by atoms with E-state index in [1.807, 2.05) is 6.07 Å². The average Bonchev–Trinajstić information content (AvgIpc) is 3.05. The molecular weight excluding hydrogens is 408 g/mol. The lowest BCUT2D eigenvalue weighted by Crippen LogP contribution is -2.60. The number of oxazole rings is 1. The predicted molar refractivity (Wildman–Crippen MR) is 113 cm³/mol. The van der Waals surface area contributed by atoms with Crippen LogP contribution in [0.2, 0.25) is 0 Å². The largest absolute Gasteiger partial charge is 0.497 e. The molecule has 4 rings (SSSR count). The maximum absolute atomic E-state index is 11.6. The standard InChI is InChI=1S/C21H24N2O6S/c1-21(19(26-3)27-4)18(24)17(13-9-11(22)5-7-15(13)29-21)23-14-10-12(25-2)6-8-16(14)28-20(23)30/h5-10,17-19,24H,22H2,1-4H3/t17-,18-,21-/m1/s1. The highest BCUT2D eigenvalue weighted by Gasteiger charge is 2.53. The van der Waals surface area contributed by atoms with Gasteiger partial charge in [0.05, 0.1) is 18.7 Å². The van der Waals surface area contributed by atoms with Gasteiger partial charge < -0.3 is 34.2 Å². The summed E-state index contributed by atoms with van der Waals surface area (Å²) in [6.45, 7) is 1.73. The maximum atomic E-state index is 11.6. The number of methoxy groups -OCH3 is 3. The van der Waals surface area contributed by atoms with Gasteiger partial charge in [-0.05, 0) is 49.5 Å². The van der Waals surface area contributed by atoms with E-state index in [-0.39, 0.29) is 4.84 Å². The van der Waals surface area contributed by atoms with E-state index in [9.17, 15) is 5.11 Å². The van der Waals surface area contributed by atoms with Gasteiger partial charge in [0.15, 0.2) is 17.5 Å². The molecule has 0 unspecified atom stereocenters. The molecule has 0 bridgehead atoms. The zero-order valence-electron chi connectivity index (χ0n) is 17.1. The molecule has 0 radical (unpaired) electrons. The molecule has 30 heavy (non-hydrogen) atoms. The lowest BCUT2D eigenvalue weighted by Gasteiger charge is -2.46. The van der Waals surface area contributed by atoms with Crippen LogP contribution >= 0.6 is 12.2 Å². The van der Waals surface area contributed by atoms with Gasteiger partial charge in [-0.15, -0.1) is 0 Å². The van der Waals surface area contributed by atoms with Crippen LogP contribution in [-0.2, 0) is 9.47 Å². The highest BCUT2D eigenvalue weighted by atomic mass is 32.1. The van der Waals surface area contributed by atoms with Crippen LogP contribution in [0, 0.1) is 4.84 Å². The van der Waals surface area contributed by atoms with Crippen molar-refractivity contribution in [1.82, 2.24) is 4.57 Å². The van der Waals surface area contributed by atoms with E-state index >= 15 is 0 Å². The molecular formula is C21H24N2O6S. The van der Waals surface area contributed by atoms with Gasteiger partial charge in [-0.2, -0.15) is 0 Å². The molecule has 8 nitrogen and oxygen atoms in total. The lowest BCUT2D eigenvalue weighted by atomic mass is 9.84. The molecule has 0 aliphatic carbocycles. The molecule has 160 valence electrons. The van der Waals surface area contributed by atoms with Crippen molar-refractivity contribution in [2.24, 2.45) is 0 Å². The lowest BCUT2D eigenvalue weighted by molar-refractivity contribution is -0.238. The van der Waals surface area contributed by atoms with Crippen molar-refractivity contribution < 1.29 is 28.5 Å². The van der Waals surface area contributed by atoms with Gasteiger partial charge in [-0.1, -0.05) is 0 Å². The summed E-state index contributed by atoms with van der Waals surface area (Å²) in [4.78, 5) is 0.200. The fraction of sp³-hybridized carbons (Fsp3) is 0.381. The van der Waals surface area contributed by atoms with E-state index in [4.69, 9.17) is 41.3 Å². The summed E-state index contributed by atoms with van der Waals surface area (Å²) in [5, 5.41) is 11.6. The van der Waals surface area contributed by atoms with Crippen LogP contribution in [0.1, 0.15) is 18.5 Å². The van der Waals surface area contributed by atoms with E-state index in [1.165, 1.54) is 14.2 Å². The Balaban J connectivity index is 2.00. The minimum Gasteiger partial charge on any atom is -0.497 e. The predicted octanol–water partition coefficient (Wildman–Crippen LogP) is 3.27. The molecule has 1 aliphatic heterocycles. The third kappa shape index (κ3) is 3.05. The number of hydrogen-bond donors (Lipinski definition) is 2. The summed E-state index contributed by atoms with van der Waals surface area (Å²) in [5.41, 5.74) is 7.26. The fourth-order valence-electron chi connectivity index (χ4n) is 4.11. The van der Waals surface area contributed by atoms with Crippen molar-refractivity contribution in [3.63, 3.8) is 0 Å². The first-order valence-corrected chi connectivity index (χ1v) is 9.76. The smallest absolute Gasteiger partial charge is 0.270 e. The molecule has 3 N–H and O–H groups in total. The molecule has 0 saturated carbocycles. The number of hydrogen-bond acceptors (Lipinski definition) is 8. The first-order valence-electron chi connectivity index (χ1n) is 9.35. The first-order chi connectivity index (χ1) is 14.3. The second kappa shape index (κ2) is 7.59. The Labute approximate surface area is 178 Å². The molecule has 3 atom stereocenters. The number of ether oxygens (including phenoxy) is 4. The molecule has 2 aromatic carbocycles. The number of nitrogens with zero attached hydrogens (tertiary/aromatic N) is 1. The number of aliphatic hydroxyl groups is 1. The Hall–Kier alpha value is -2.59. The van der Waals surface area contributed by atoms with E-state index in [1.54, 1.807) is 48.9 Å². The van der Waals surface area contributed by atoms with Crippen LogP contribution in [0.15, 0.2) is 40.8 Å². The Kier molecular flexibility index (Phi) is 5.23. The van der Waals surface area contributed by atoms with E-state index < -0.39 is 24.0 Å². The zero-order valence-corrected chi connectivity index (χ0v) is 17.9. The normalized spacial score (nSPS) is 23.4. The number of nitrogens with two attached hydrogens (primary N) is 1. The Morgan fingerprint density at radius 2 is 1.90 bits per heavy atom. The van der Waals surface area contributed by atoms with E-state index in [0.717, 1.165) is 0 Å². The number of benzene rings is 2. The van der Waals surface area contributed by atoms with Gasteiger partial charge in [0.1, 0.15) is 17.6 Å². The van der Waals surface area contributed by atoms with Crippen LogP contribution in [0.3, 0.4) is 0 Å². The van der Waals surface area contributed by atoms with Gasteiger partial charge in [-0.3, -0.25) is 4.57 Å². The molecule has 0 spiro atoms. The van der Waals surface area contributed by atoms with Gasteiger partial charge in [0, 0.05) is 31.5 Å². The molecule has 0 saturated heterocycles. The topological polar surface area (TPSA) is 101 Å². The fourth-order valence-corrected chi connectivity index (χ4v) is 4.41. The van der Waals surface area contributed by atoms with Crippen LogP contribution in [-0.4, -0.2) is 49.0 Å². The Morgan fingerprint density at radius 3 is 2.57 bits per heavy atom. The second-order valence-electron chi connectivity index (χ2n) is 7.35. The molecule has 1 aliphatic rings. The average molecular weight is 432 g/mol. The zero-order chi connectivity index (χ0) is 21.6. The summed E-state index contributed by atoms with van der Waals surface area (Å²) in [7, 11) is 4.57. The van der Waals surface area contributed by atoms with E-state index in [0.29, 0.717) is 33.8 Å². The first kappa shape index (κ1) is 20.7. The maximum Gasteiger partial charge on any atom is 0.270 e. The van der Waals surface area contributed by atoms with Crippen LogP contribution in [0.25, 0.3) is 11.1 Å². The number of anilines is 1. The number of fused-ring (bicyclic) bond motifs is 2. The molecule has 3 aromatic rings. The number of nitrogen functional groups attached to an aromatic ring is 1. The monoisotopic (exact) mass is 432 g/mol. The van der Waals surface area contributed by atoms with Gasteiger partial charge in [0.2, 0.25) is 0 Å². The Morgan fingerprint density at radius 1 is 1.17 bits per heavy atom.